The van der Waals surface area contributed by atoms with E-state index in [-0.39, 0.29) is 6.04 Å². The van der Waals surface area contributed by atoms with Gasteiger partial charge in [-0.05, 0) is 45.9 Å². The van der Waals surface area contributed by atoms with Crippen LogP contribution in [0.1, 0.15) is 45.0 Å². The summed E-state index contributed by atoms with van der Waals surface area (Å²) in [6.45, 7) is 8.27. The van der Waals surface area contributed by atoms with Gasteiger partial charge in [0, 0.05) is 12.1 Å². The van der Waals surface area contributed by atoms with Crippen LogP contribution in [-0.2, 0) is 17.5 Å². The van der Waals surface area contributed by atoms with Crippen LogP contribution in [0.25, 0.3) is 11.3 Å². The third kappa shape index (κ3) is 4.09. The van der Waals surface area contributed by atoms with Gasteiger partial charge in [-0.3, -0.25) is 9.58 Å². The SMILES string of the molecule is CC1c2cc(-c3ccc(C(F)(F)F)cc3)nn2CCN1C(=O)OC(C)(C)C. The molecule has 1 aromatic carbocycles. The van der Waals surface area contributed by atoms with Crippen molar-refractivity contribution in [2.45, 2.75) is 52.1 Å². The Labute approximate surface area is 155 Å². The third-order valence-electron chi connectivity index (χ3n) is 4.40. The van der Waals surface area contributed by atoms with Crippen LogP contribution in [0.4, 0.5) is 18.0 Å². The van der Waals surface area contributed by atoms with E-state index >= 15 is 0 Å². The van der Waals surface area contributed by atoms with Crippen molar-refractivity contribution in [2.75, 3.05) is 6.54 Å². The van der Waals surface area contributed by atoms with Gasteiger partial charge < -0.3 is 4.74 Å². The quantitative estimate of drug-likeness (QED) is 0.707. The number of alkyl halides is 3. The van der Waals surface area contributed by atoms with E-state index in [2.05, 4.69) is 5.10 Å². The fourth-order valence-corrected chi connectivity index (χ4v) is 3.04. The molecule has 1 atom stereocenters. The summed E-state index contributed by atoms with van der Waals surface area (Å²) in [7, 11) is 0. The van der Waals surface area contributed by atoms with Gasteiger partial charge in [-0.1, -0.05) is 12.1 Å². The second kappa shape index (κ2) is 6.58. The van der Waals surface area contributed by atoms with Crippen LogP contribution in [0.15, 0.2) is 30.3 Å². The van der Waals surface area contributed by atoms with E-state index in [0.29, 0.717) is 24.3 Å². The second-order valence-corrected chi connectivity index (χ2v) is 7.60. The van der Waals surface area contributed by atoms with Gasteiger partial charge in [-0.25, -0.2) is 4.79 Å². The van der Waals surface area contributed by atoms with Crippen molar-refractivity contribution < 1.29 is 22.7 Å². The Bertz CT molecular complexity index is 835. The molecule has 146 valence electrons. The maximum atomic E-state index is 12.7. The Morgan fingerprint density at radius 1 is 1.15 bits per heavy atom. The molecule has 27 heavy (non-hydrogen) atoms. The Hall–Kier alpha value is -2.51. The summed E-state index contributed by atoms with van der Waals surface area (Å²) >= 11 is 0. The van der Waals surface area contributed by atoms with Crippen LogP contribution in [0, 0.1) is 0 Å². The average molecular weight is 381 g/mol. The minimum atomic E-state index is -4.37. The molecule has 0 saturated heterocycles. The Morgan fingerprint density at radius 3 is 2.33 bits per heavy atom. The molecule has 0 fully saturated rings. The molecular formula is C19H22F3N3O2. The molecule has 0 spiro atoms. The summed E-state index contributed by atoms with van der Waals surface area (Å²) < 4.78 is 45.4. The number of nitrogens with zero attached hydrogens (tertiary/aromatic N) is 3. The minimum absolute atomic E-state index is 0.246. The average Bonchev–Trinajstić information content (AvgIpc) is 2.98. The number of carbonyl (C=O) groups is 1. The van der Waals surface area contributed by atoms with Crippen molar-refractivity contribution in [3.8, 4) is 11.3 Å². The molecule has 3 rings (SSSR count). The molecule has 1 aliphatic rings. The number of benzene rings is 1. The van der Waals surface area contributed by atoms with Crippen LogP contribution in [0.3, 0.4) is 0 Å². The van der Waals surface area contributed by atoms with E-state index in [1.807, 2.05) is 33.8 Å². The van der Waals surface area contributed by atoms with E-state index in [1.54, 1.807) is 9.58 Å². The van der Waals surface area contributed by atoms with Crippen LogP contribution >= 0.6 is 0 Å². The van der Waals surface area contributed by atoms with Crippen molar-refractivity contribution in [1.29, 1.82) is 0 Å². The molecule has 2 aromatic rings. The fraction of sp³-hybridized carbons (Fsp3) is 0.474. The Morgan fingerprint density at radius 2 is 1.78 bits per heavy atom. The molecule has 1 unspecified atom stereocenters. The van der Waals surface area contributed by atoms with Crippen LogP contribution in [-0.4, -0.2) is 32.9 Å². The van der Waals surface area contributed by atoms with Crippen molar-refractivity contribution in [3.63, 3.8) is 0 Å². The third-order valence-corrected chi connectivity index (χ3v) is 4.40. The summed E-state index contributed by atoms with van der Waals surface area (Å²) in [5, 5.41) is 4.49. The number of amides is 1. The lowest BCUT2D eigenvalue weighted by Crippen LogP contribution is -2.43. The molecule has 1 aliphatic heterocycles. The number of rotatable bonds is 1. The first-order chi connectivity index (χ1) is 12.5. The molecular weight excluding hydrogens is 359 g/mol. The number of fused-ring (bicyclic) bond motifs is 1. The van der Waals surface area contributed by atoms with Gasteiger partial charge in [0.05, 0.1) is 29.5 Å². The largest absolute Gasteiger partial charge is 0.444 e. The number of halogens is 3. The van der Waals surface area contributed by atoms with Crippen molar-refractivity contribution in [3.05, 3.63) is 41.6 Å². The van der Waals surface area contributed by atoms with Gasteiger partial charge in [0.15, 0.2) is 0 Å². The van der Waals surface area contributed by atoms with E-state index in [1.165, 1.54) is 12.1 Å². The smallest absolute Gasteiger partial charge is 0.416 e. The summed E-state index contributed by atoms with van der Waals surface area (Å²) in [6.07, 6.45) is -4.76. The summed E-state index contributed by atoms with van der Waals surface area (Å²) in [5.74, 6) is 0. The van der Waals surface area contributed by atoms with Crippen molar-refractivity contribution >= 4 is 6.09 Å². The standard InChI is InChI=1S/C19H22F3N3O2/c1-12-16-11-15(13-5-7-14(8-6-13)19(20,21)22)23-25(16)10-9-24(12)17(26)27-18(2,3)4/h5-8,11-12H,9-10H2,1-4H3. The monoisotopic (exact) mass is 381 g/mol. The number of ether oxygens (including phenoxy) is 1. The zero-order valence-electron chi connectivity index (χ0n) is 15.7. The molecule has 1 amide bonds. The first kappa shape index (κ1) is 19.3. The zero-order chi connectivity index (χ0) is 20.0. The van der Waals surface area contributed by atoms with Crippen molar-refractivity contribution in [2.24, 2.45) is 0 Å². The molecule has 0 saturated carbocycles. The molecule has 0 aliphatic carbocycles. The van der Waals surface area contributed by atoms with Gasteiger partial charge in [0.2, 0.25) is 0 Å². The highest BCUT2D eigenvalue weighted by atomic mass is 19.4. The predicted molar refractivity (Wildman–Crippen MR) is 94.0 cm³/mol. The lowest BCUT2D eigenvalue weighted by atomic mass is 10.1. The lowest BCUT2D eigenvalue weighted by Gasteiger charge is -2.35. The number of hydrogen-bond donors (Lipinski definition) is 0. The summed E-state index contributed by atoms with van der Waals surface area (Å²) in [4.78, 5) is 14.0. The van der Waals surface area contributed by atoms with E-state index in [9.17, 15) is 18.0 Å². The highest BCUT2D eigenvalue weighted by Crippen LogP contribution is 2.33. The molecule has 0 bridgehead atoms. The normalized spacial score (nSPS) is 17.6. The fourth-order valence-electron chi connectivity index (χ4n) is 3.04. The van der Waals surface area contributed by atoms with Gasteiger partial charge in [0.25, 0.3) is 0 Å². The molecule has 0 N–H and O–H groups in total. The zero-order valence-corrected chi connectivity index (χ0v) is 15.7. The summed E-state index contributed by atoms with van der Waals surface area (Å²) in [6, 6.07) is 6.48. The number of hydrogen-bond acceptors (Lipinski definition) is 3. The maximum Gasteiger partial charge on any atom is 0.416 e. The van der Waals surface area contributed by atoms with Crippen LogP contribution in [0.5, 0.6) is 0 Å². The molecule has 0 radical (unpaired) electrons. The second-order valence-electron chi connectivity index (χ2n) is 7.60. The lowest BCUT2D eigenvalue weighted by molar-refractivity contribution is -0.137. The Kier molecular flexibility index (Phi) is 4.69. The molecule has 5 nitrogen and oxygen atoms in total. The Balaban J connectivity index is 1.83. The van der Waals surface area contributed by atoms with Crippen LogP contribution in [0.2, 0.25) is 0 Å². The molecule has 8 heteroatoms. The highest BCUT2D eigenvalue weighted by molar-refractivity contribution is 5.69. The topological polar surface area (TPSA) is 47.4 Å². The minimum Gasteiger partial charge on any atom is -0.444 e. The van der Waals surface area contributed by atoms with Crippen LogP contribution < -0.4 is 0 Å². The highest BCUT2D eigenvalue weighted by Gasteiger charge is 2.33. The first-order valence-corrected chi connectivity index (χ1v) is 8.71. The van der Waals surface area contributed by atoms with Gasteiger partial charge in [0.1, 0.15) is 5.60 Å². The first-order valence-electron chi connectivity index (χ1n) is 8.71. The summed E-state index contributed by atoms with van der Waals surface area (Å²) in [5.41, 5.74) is 0.721. The van der Waals surface area contributed by atoms with Crippen molar-refractivity contribution in [1.82, 2.24) is 14.7 Å². The maximum absolute atomic E-state index is 12.7. The molecule has 2 heterocycles. The van der Waals surface area contributed by atoms with E-state index in [4.69, 9.17) is 4.74 Å². The van der Waals surface area contributed by atoms with E-state index in [0.717, 1.165) is 17.8 Å². The number of carbonyl (C=O) groups excluding carboxylic acids is 1. The van der Waals surface area contributed by atoms with Gasteiger partial charge in [-0.15, -0.1) is 0 Å². The predicted octanol–water partition coefficient (Wildman–Crippen LogP) is 4.88. The van der Waals surface area contributed by atoms with E-state index < -0.39 is 23.4 Å². The van der Waals surface area contributed by atoms with Gasteiger partial charge in [-0.2, -0.15) is 18.3 Å². The van der Waals surface area contributed by atoms with Gasteiger partial charge >= 0.3 is 12.3 Å². The number of aromatic nitrogens is 2. The molecule has 1 aromatic heterocycles.